The van der Waals surface area contributed by atoms with E-state index in [1.807, 2.05) is 0 Å². The average Bonchev–Trinajstić information content (AvgIpc) is 2.35. The predicted molar refractivity (Wildman–Crippen MR) is 79.1 cm³/mol. The molecule has 0 spiro atoms. The number of allylic oxidation sites excluding steroid dienone is 1. The molecule has 0 aliphatic rings. The van der Waals surface area contributed by atoms with Crippen LogP contribution in [0, 0.1) is 0 Å². The second-order valence-corrected chi connectivity index (χ2v) is 7.44. The molecule has 0 aromatic heterocycles. The Morgan fingerprint density at radius 3 is 2.47 bits per heavy atom. The minimum absolute atomic E-state index is 0.289. The molecule has 0 N–H and O–H groups in total. The van der Waals surface area contributed by atoms with Crippen molar-refractivity contribution in [3.63, 3.8) is 0 Å². The second-order valence-electron chi connectivity index (χ2n) is 4.28. The average molecular weight is 316 g/mol. The van der Waals surface area contributed by atoms with E-state index in [1.54, 1.807) is 0 Å². The molecular formula is C15H21ClSe. The van der Waals surface area contributed by atoms with Crippen LogP contribution in [-0.2, 0) is 0 Å². The first-order valence-corrected chi connectivity index (χ1v) is 8.41. The number of rotatable bonds is 7. The van der Waals surface area contributed by atoms with Crippen molar-refractivity contribution in [2.75, 3.05) is 0 Å². The van der Waals surface area contributed by atoms with Crippen LogP contribution in [0.4, 0.5) is 0 Å². The Labute approximate surface area is 117 Å². The first-order valence-electron chi connectivity index (χ1n) is 6.32. The summed E-state index contributed by atoms with van der Waals surface area (Å²) in [5, 5.41) is 0. The fourth-order valence-corrected chi connectivity index (χ4v) is 3.78. The Morgan fingerprint density at radius 2 is 1.82 bits per heavy atom. The zero-order valence-electron chi connectivity index (χ0n) is 10.7. The van der Waals surface area contributed by atoms with E-state index in [4.69, 9.17) is 11.6 Å². The maximum absolute atomic E-state index is 6.39. The van der Waals surface area contributed by atoms with Gasteiger partial charge in [0, 0.05) is 0 Å². The third-order valence-corrected chi connectivity index (χ3v) is 5.59. The van der Waals surface area contributed by atoms with Gasteiger partial charge in [-0.25, -0.2) is 0 Å². The normalized spacial score (nSPS) is 12.4. The van der Waals surface area contributed by atoms with Gasteiger partial charge in [0.15, 0.2) is 0 Å². The summed E-state index contributed by atoms with van der Waals surface area (Å²) in [6.45, 7) is 4.42. The summed E-state index contributed by atoms with van der Waals surface area (Å²) in [5.74, 6) is 0. The van der Waals surface area contributed by atoms with Crippen molar-refractivity contribution in [2.24, 2.45) is 0 Å². The number of hydrogen-bond acceptors (Lipinski definition) is 0. The summed E-state index contributed by atoms with van der Waals surface area (Å²) in [4.78, 5) is 0. The van der Waals surface area contributed by atoms with E-state index in [-0.39, 0.29) is 15.0 Å². The summed E-state index contributed by atoms with van der Waals surface area (Å²) >= 11 is 6.68. The topological polar surface area (TPSA) is 0 Å². The van der Waals surface area contributed by atoms with E-state index in [9.17, 15) is 0 Å². The molecule has 0 nitrogen and oxygen atoms in total. The third-order valence-electron chi connectivity index (χ3n) is 2.69. The molecular weight excluding hydrogens is 295 g/mol. The number of benzene rings is 1. The first-order chi connectivity index (χ1) is 8.24. The molecule has 0 heterocycles. The molecule has 0 bridgehead atoms. The van der Waals surface area contributed by atoms with Gasteiger partial charge in [0.1, 0.15) is 0 Å². The molecule has 0 aliphatic carbocycles. The zero-order chi connectivity index (χ0) is 12.5. The summed E-state index contributed by atoms with van der Waals surface area (Å²) in [6, 6.07) is 10.5. The van der Waals surface area contributed by atoms with E-state index < -0.39 is 0 Å². The molecule has 0 saturated heterocycles. The molecule has 0 atom stereocenters. The summed E-state index contributed by atoms with van der Waals surface area (Å²) in [6.07, 6.45) is 6.41. The molecule has 0 fully saturated rings. The van der Waals surface area contributed by atoms with Crippen LogP contribution in [0.5, 0.6) is 0 Å². The van der Waals surface area contributed by atoms with E-state index in [0.29, 0.717) is 0 Å². The van der Waals surface area contributed by atoms with Crippen LogP contribution in [0.2, 0.25) is 0 Å². The van der Waals surface area contributed by atoms with Gasteiger partial charge in [-0.1, -0.05) is 0 Å². The van der Waals surface area contributed by atoms with Crippen molar-refractivity contribution in [2.45, 2.75) is 46.0 Å². The number of unbranched alkanes of at least 4 members (excludes halogenated alkanes) is 3. The number of hydrogen-bond donors (Lipinski definition) is 0. The molecule has 0 aliphatic heterocycles. The second kappa shape index (κ2) is 8.80. The molecule has 17 heavy (non-hydrogen) atoms. The zero-order valence-corrected chi connectivity index (χ0v) is 13.2. The Balaban J connectivity index is 2.41. The molecule has 1 aromatic carbocycles. The Morgan fingerprint density at radius 1 is 1.12 bits per heavy atom. The third kappa shape index (κ3) is 6.31. The SMILES string of the molecule is CCCCCC/C(C)=C(\Cl)[Se]c1ccccc1. The number of halogens is 1. The standard InChI is InChI=1S/C15H21ClSe/c1-3-4-5-7-10-13(2)15(16)17-14-11-8-6-9-12-14/h6,8-9,11-12H,3-5,7,10H2,1-2H3/b15-13+. The molecule has 2 heteroatoms. The van der Waals surface area contributed by atoms with Crippen LogP contribution in [0.25, 0.3) is 0 Å². The molecule has 0 amide bonds. The Bertz CT molecular complexity index is 343. The van der Waals surface area contributed by atoms with Crippen LogP contribution < -0.4 is 4.46 Å². The summed E-state index contributed by atoms with van der Waals surface area (Å²) in [5.41, 5.74) is 1.38. The van der Waals surface area contributed by atoms with Crippen LogP contribution in [0.15, 0.2) is 39.8 Å². The molecule has 94 valence electrons. The van der Waals surface area contributed by atoms with Crippen LogP contribution in [0.1, 0.15) is 46.0 Å². The van der Waals surface area contributed by atoms with Crippen LogP contribution in [0.3, 0.4) is 0 Å². The van der Waals surface area contributed by atoms with Crippen molar-refractivity contribution in [3.8, 4) is 0 Å². The van der Waals surface area contributed by atoms with Gasteiger partial charge in [0.25, 0.3) is 0 Å². The van der Waals surface area contributed by atoms with Gasteiger partial charge in [-0.05, 0) is 0 Å². The van der Waals surface area contributed by atoms with Crippen molar-refractivity contribution in [3.05, 3.63) is 39.8 Å². The molecule has 0 unspecified atom stereocenters. The summed E-state index contributed by atoms with van der Waals surface area (Å²) in [7, 11) is 0. The fourth-order valence-electron chi connectivity index (χ4n) is 1.59. The van der Waals surface area contributed by atoms with Crippen LogP contribution >= 0.6 is 11.6 Å². The van der Waals surface area contributed by atoms with Crippen molar-refractivity contribution in [1.82, 2.24) is 0 Å². The quantitative estimate of drug-likeness (QED) is 0.515. The van der Waals surface area contributed by atoms with E-state index in [2.05, 4.69) is 44.2 Å². The Hall–Kier alpha value is -0.231. The van der Waals surface area contributed by atoms with Gasteiger partial charge < -0.3 is 0 Å². The first kappa shape index (κ1) is 14.8. The van der Waals surface area contributed by atoms with Gasteiger partial charge in [0.2, 0.25) is 0 Å². The van der Waals surface area contributed by atoms with Crippen molar-refractivity contribution < 1.29 is 0 Å². The maximum atomic E-state index is 6.39. The van der Waals surface area contributed by atoms with E-state index >= 15 is 0 Å². The molecule has 0 radical (unpaired) electrons. The van der Waals surface area contributed by atoms with E-state index in [0.717, 1.165) is 10.4 Å². The Kier molecular flexibility index (Phi) is 7.68. The van der Waals surface area contributed by atoms with Gasteiger partial charge >= 0.3 is 117 Å². The summed E-state index contributed by atoms with van der Waals surface area (Å²) < 4.78 is 2.44. The monoisotopic (exact) mass is 316 g/mol. The van der Waals surface area contributed by atoms with E-state index in [1.165, 1.54) is 35.7 Å². The molecule has 0 saturated carbocycles. The van der Waals surface area contributed by atoms with Crippen LogP contribution in [-0.4, -0.2) is 15.0 Å². The minimum atomic E-state index is 0.289. The van der Waals surface area contributed by atoms with Gasteiger partial charge in [-0.15, -0.1) is 0 Å². The van der Waals surface area contributed by atoms with Gasteiger partial charge in [0.05, 0.1) is 0 Å². The predicted octanol–water partition coefficient (Wildman–Crippen LogP) is 4.46. The molecule has 1 rings (SSSR count). The molecule has 1 aromatic rings. The van der Waals surface area contributed by atoms with Gasteiger partial charge in [-0.3, -0.25) is 0 Å². The van der Waals surface area contributed by atoms with Crippen molar-refractivity contribution in [1.29, 1.82) is 0 Å². The fraction of sp³-hybridized carbons (Fsp3) is 0.467. The van der Waals surface area contributed by atoms with Gasteiger partial charge in [-0.2, -0.15) is 0 Å². The van der Waals surface area contributed by atoms with Crippen molar-refractivity contribution >= 4 is 31.0 Å².